The van der Waals surface area contributed by atoms with E-state index in [2.05, 4.69) is 26.5 Å². The molecule has 0 N–H and O–H groups in total. The van der Waals surface area contributed by atoms with Crippen LogP contribution in [0.5, 0.6) is 0 Å². The van der Waals surface area contributed by atoms with Gasteiger partial charge in [0, 0.05) is 0 Å². The molecule has 0 aromatic heterocycles. The van der Waals surface area contributed by atoms with Crippen molar-refractivity contribution >= 4 is 0 Å². The maximum absolute atomic E-state index is 3.90. The fourth-order valence-electron chi connectivity index (χ4n) is 2.44. The van der Waals surface area contributed by atoms with Gasteiger partial charge < -0.3 is 0 Å². The second-order valence-electron chi connectivity index (χ2n) is 4.33. The van der Waals surface area contributed by atoms with Gasteiger partial charge in [0.05, 0.1) is 0 Å². The van der Waals surface area contributed by atoms with E-state index in [4.69, 9.17) is 0 Å². The second-order valence-corrected chi connectivity index (χ2v) is 4.33. The Hall–Kier alpha value is -0.260. The summed E-state index contributed by atoms with van der Waals surface area (Å²) in [6.45, 7) is 8.62. The van der Waals surface area contributed by atoms with Gasteiger partial charge in [0.25, 0.3) is 0 Å². The first-order chi connectivity index (χ1) is 5.77. The average Bonchev–Trinajstić information content (AvgIpc) is 2.09. The highest BCUT2D eigenvalue weighted by Crippen LogP contribution is 2.36. The quantitative estimate of drug-likeness (QED) is 0.555. The van der Waals surface area contributed by atoms with Gasteiger partial charge in [-0.25, -0.2) is 0 Å². The molecule has 0 spiro atoms. The minimum Gasteiger partial charge on any atom is -0.103 e. The smallest absolute Gasteiger partial charge is 0.0233 e. The number of rotatable bonds is 3. The molecule has 0 saturated heterocycles. The summed E-state index contributed by atoms with van der Waals surface area (Å²) in [5.74, 6) is 2.76. The van der Waals surface area contributed by atoms with Crippen molar-refractivity contribution in [1.29, 1.82) is 0 Å². The second kappa shape index (κ2) is 4.69. The van der Waals surface area contributed by atoms with Gasteiger partial charge in [-0.15, -0.1) is 6.58 Å². The molecular weight excluding hydrogens is 144 g/mol. The van der Waals surface area contributed by atoms with E-state index in [0.717, 1.165) is 17.8 Å². The number of hydrogen-bond donors (Lipinski definition) is 0. The van der Waals surface area contributed by atoms with Crippen molar-refractivity contribution in [3.05, 3.63) is 12.7 Å². The molecule has 0 heterocycles. The van der Waals surface area contributed by atoms with Crippen LogP contribution in [-0.2, 0) is 0 Å². The minimum atomic E-state index is 0.817. The van der Waals surface area contributed by atoms with Crippen LogP contribution in [0.15, 0.2) is 12.7 Å². The monoisotopic (exact) mass is 166 g/mol. The molecular formula is C12H22. The van der Waals surface area contributed by atoms with Crippen LogP contribution in [0.4, 0.5) is 0 Å². The van der Waals surface area contributed by atoms with Crippen molar-refractivity contribution in [2.75, 3.05) is 0 Å². The van der Waals surface area contributed by atoms with Gasteiger partial charge in [-0.1, -0.05) is 32.8 Å². The Kier molecular flexibility index (Phi) is 3.84. The lowest BCUT2D eigenvalue weighted by Gasteiger charge is -2.32. The Morgan fingerprint density at radius 2 is 2.17 bits per heavy atom. The van der Waals surface area contributed by atoms with Crippen molar-refractivity contribution in [2.45, 2.75) is 46.0 Å². The molecule has 1 fully saturated rings. The number of hydrogen-bond acceptors (Lipinski definition) is 0. The lowest BCUT2D eigenvalue weighted by Crippen LogP contribution is -2.21. The molecule has 0 heteroatoms. The van der Waals surface area contributed by atoms with Crippen molar-refractivity contribution in [3.63, 3.8) is 0 Å². The maximum Gasteiger partial charge on any atom is -0.0233 e. The predicted octanol–water partition coefficient (Wildman–Crippen LogP) is 4.02. The predicted molar refractivity (Wildman–Crippen MR) is 55.1 cm³/mol. The Morgan fingerprint density at radius 1 is 1.42 bits per heavy atom. The van der Waals surface area contributed by atoms with Crippen LogP contribution < -0.4 is 0 Å². The minimum absolute atomic E-state index is 0.817. The first-order valence-electron chi connectivity index (χ1n) is 5.40. The zero-order chi connectivity index (χ0) is 8.97. The van der Waals surface area contributed by atoms with Crippen LogP contribution >= 0.6 is 0 Å². The van der Waals surface area contributed by atoms with Gasteiger partial charge in [-0.05, 0) is 37.0 Å². The van der Waals surface area contributed by atoms with E-state index in [1.165, 1.54) is 32.1 Å². The van der Waals surface area contributed by atoms with Crippen molar-refractivity contribution in [1.82, 2.24) is 0 Å². The molecule has 0 nitrogen and oxygen atoms in total. The summed E-state index contributed by atoms with van der Waals surface area (Å²) in [6, 6.07) is 0. The molecule has 3 atom stereocenters. The Labute approximate surface area is 77.1 Å². The molecule has 70 valence electrons. The topological polar surface area (TPSA) is 0 Å². The normalized spacial score (nSPS) is 36.3. The molecule has 1 saturated carbocycles. The molecule has 0 aromatic rings. The van der Waals surface area contributed by atoms with E-state index in [9.17, 15) is 0 Å². The van der Waals surface area contributed by atoms with Crippen molar-refractivity contribution in [2.24, 2.45) is 17.8 Å². The van der Waals surface area contributed by atoms with Crippen molar-refractivity contribution in [3.8, 4) is 0 Å². The summed E-state index contributed by atoms with van der Waals surface area (Å²) in [6.07, 6.45) is 9.13. The highest BCUT2D eigenvalue weighted by molar-refractivity contribution is 4.86. The SMILES string of the molecule is C=CC1CCC(C)C(CCC)C1. The Balaban J connectivity index is 2.41. The molecule has 0 radical (unpaired) electrons. The molecule has 1 aliphatic rings. The molecule has 12 heavy (non-hydrogen) atoms. The van der Waals surface area contributed by atoms with Gasteiger partial charge in [0.15, 0.2) is 0 Å². The van der Waals surface area contributed by atoms with Crippen molar-refractivity contribution < 1.29 is 0 Å². The molecule has 0 aliphatic heterocycles. The largest absolute Gasteiger partial charge is 0.103 e. The van der Waals surface area contributed by atoms with E-state index < -0.39 is 0 Å². The van der Waals surface area contributed by atoms with E-state index in [1.807, 2.05) is 0 Å². The number of allylic oxidation sites excluding steroid dienone is 1. The summed E-state index contributed by atoms with van der Waals surface area (Å²) >= 11 is 0. The van der Waals surface area contributed by atoms with E-state index >= 15 is 0 Å². The third-order valence-electron chi connectivity index (χ3n) is 3.40. The average molecular weight is 166 g/mol. The fraction of sp³-hybridized carbons (Fsp3) is 0.833. The van der Waals surface area contributed by atoms with Crippen LogP contribution in [-0.4, -0.2) is 0 Å². The summed E-state index contributed by atoms with van der Waals surface area (Å²) < 4.78 is 0. The first kappa shape index (κ1) is 9.83. The Bertz CT molecular complexity index is 137. The molecule has 3 unspecified atom stereocenters. The van der Waals surface area contributed by atoms with Gasteiger partial charge >= 0.3 is 0 Å². The molecule has 1 aliphatic carbocycles. The Morgan fingerprint density at radius 3 is 2.75 bits per heavy atom. The van der Waals surface area contributed by atoms with E-state index in [0.29, 0.717) is 0 Å². The zero-order valence-electron chi connectivity index (χ0n) is 8.55. The van der Waals surface area contributed by atoms with Gasteiger partial charge in [-0.3, -0.25) is 0 Å². The summed E-state index contributed by atoms with van der Waals surface area (Å²) in [5, 5.41) is 0. The highest BCUT2D eigenvalue weighted by atomic mass is 14.3. The lowest BCUT2D eigenvalue weighted by atomic mass is 9.73. The first-order valence-corrected chi connectivity index (χ1v) is 5.40. The third kappa shape index (κ3) is 2.36. The standard InChI is InChI=1S/C12H22/c1-4-6-12-9-11(5-2)8-7-10(12)3/h5,10-12H,2,4,6-9H2,1,3H3. The highest BCUT2D eigenvalue weighted by Gasteiger charge is 2.24. The zero-order valence-corrected chi connectivity index (χ0v) is 8.55. The maximum atomic E-state index is 3.90. The third-order valence-corrected chi connectivity index (χ3v) is 3.40. The van der Waals surface area contributed by atoms with Gasteiger partial charge in [0.2, 0.25) is 0 Å². The van der Waals surface area contributed by atoms with E-state index in [1.54, 1.807) is 0 Å². The van der Waals surface area contributed by atoms with E-state index in [-0.39, 0.29) is 0 Å². The molecule has 0 aromatic carbocycles. The van der Waals surface area contributed by atoms with Crippen LogP contribution in [0.25, 0.3) is 0 Å². The molecule has 0 amide bonds. The summed E-state index contributed by atoms with van der Waals surface area (Å²) in [5.41, 5.74) is 0. The summed E-state index contributed by atoms with van der Waals surface area (Å²) in [4.78, 5) is 0. The molecule has 1 rings (SSSR count). The van der Waals surface area contributed by atoms with Crippen LogP contribution in [0, 0.1) is 17.8 Å². The van der Waals surface area contributed by atoms with Gasteiger partial charge in [0.1, 0.15) is 0 Å². The fourth-order valence-corrected chi connectivity index (χ4v) is 2.44. The summed E-state index contributed by atoms with van der Waals surface area (Å²) in [7, 11) is 0. The lowest BCUT2D eigenvalue weighted by molar-refractivity contribution is 0.206. The molecule has 0 bridgehead atoms. The van der Waals surface area contributed by atoms with Gasteiger partial charge in [-0.2, -0.15) is 0 Å². The van der Waals surface area contributed by atoms with Crippen LogP contribution in [0.1, 0.15) is 46.0 Å². The van der Waals surface area contributed by atoms with Crippen LogP contribution in [0.3, 0.4) is 0 Å². The van der Waals surface area contributed by atoms with Crippen LogP contribution in [0.2, 0.25) is 0 Å².